The van der Waals surface area contributed by atoms with Crippen molar-refractivity contribution in [2.75, 3.05) is 13.2 Å². The van der Waals surface area contributed by atoms with E-state index in [4.69, 9.17) is 4.74 Å². The van der Waals surface area contributed by atoms with E-state index in [2.05, 4.69) is 16.4 Å². The van der Waals surface area contributed by atoms with Crippen molar-refractivity contribution < 1.29 is 14.3 Å². The van der Waals surface area contributed by atoms with Crippen LogP contribution in [-0.4, -0.2) is 44.9 Å². The summed E-state index contributed by atoms with van der Waals surface area (Å²) in [5.41, 5.74) is 2.89. The minimum atomic E-state index is -0.530. The van der Waals surface area contributed by atoms with Gasteiger partial charge in [0.1, 0.15) is 5.52 Å². The van der Waals surface area contributed by atoms with Gasteiger partial charge in [0.25, 0.3) is 5.91 Å². The number of aryl methyl sites for hydroxylation is 1. The monoisotopic (exact) mass is 342 g/mol. The van der Waals surface area contributed by atoms with Crippen LogP contribution in [-0.2, 0) is 16.1 Å². The SMILES string of the molecule is CCN(C(=O)COC(=O)c1ccc2c(c1)nnn2CC)C1=CCCC1. The van der Waals surface area contributed by atoms with Gasteiger partial charge in [-0.3, -0.25) is 4.79 Å². The van der Waals surface area contributed by atoms with E-state index in [1.54, 1.807) is 27.8 Å². The Kier molecular flexibility index (Phi) is 5.11. The Balaban J connectivity index is 1.64. The van der Waals surface area contributed by atoms with E-state index in [0.29, 0.717) is 24.2 Å². The highest BCUT2D eigenvalue weighted by Gasteiger charge is 2.20. The molecule has 1 aliphatic carbocycles. The Labute approximate surface area is 146 Å². The zero-order valence-electron chi connectivity index (χ0n) is 14.6. The molecule has 7 nitrogen and oxygen atoms in total. The van der Waals surface area contributed by atoms with Crippen molar-refractivity contribution in [3.63, 3.8) is 0 Å². The van der Waals surface area contributed by atoms with Crippen LogP contribution in [0.1, 0.15) is 43.5 Å². The van der Waals surface area contributed by atoms with Crippen LogP contribution in [0.5, 0.6) is 0 Å². The first kappa shape index (κ1) is 17.1. The average molecular weight is 342 g/mol. The Morgan fingerprint density at radius 1 is 1.32 bits per heavy atom. The molecule has 2 aromatic rings. The van der Waals surface area contributed by atoms with Gasteiger partial charge in [0, 0.05) is 18.8 Å². The van der Waals surface area contributed by atoms with Crippen molar-refractivity contribution >= 4 is 22.9 Å². The zero-order valence-corrected chi connectivity index (χ0v) is 14.6. The molecule has 7 heteroatoms. The fourth-order valence-electron chi connectivity index (χ4n) is 3.06. The van der Waals surface area contributed by atoms with Crippen LogP contribution in [0.15, 0.2) is 30.0 Å². The summed E-state index contributed by atoms with van der Waals surface area (Å²) in [4.78, 5) is 26.3. The molecular weight excluding hydrogens is 320 g/mol. The van der Waals surface area contributed by atoms with Gasteiger partial charge in [0.15, 0.2) is 6.61 Å². The number of esters is 1. The fraction of sp³-hybridized carbons (Fsp3) is 0.444. The maximum atomic E-state index is 12.3. The van der Waals surface area contributed by atoms with E-state index in [-0.39, 0.29) is 12.5 Å². The van der Waals surface area contributed by atoms with Gasteiger partial charge >= 0.3 is 5.97 Å². The Bertz CT molecular complexity index is 825. The van der Waals surface area contributed by atoms with Gasteiger partial charge in [-0.2, -0.15) is 0 Å². The molecule has 1 amide bonds. The van der Waals surface area contributed by atoms with Gasteiger partial charge in [-0.15, -0.1) is 5.10 Å². The number of rotatable bonds is 6. The number of ether oxygens (including phenoxy) is 1. The topological polar surface area (TPSA) is 77.3 Å². The first-order valence-corrected chi connectivity index (χ1v) is 8.63. The van der Waals surface area contributed by atoms with Crippen molar-refractivity contribution in [2.45, 2.75) is 39.7 Å². The molecule has 0 fully saturated rings. The minimum Gasteiger partial charge on any atom is -0.452 e. The summed E-state index contributed by atoms with van der Waals surface area (Å²) in [5, 5.41) is 8.06. The number of allylic oxidation sites excluding steroid dienone is 2. The summed E-state index contributed by atoms with van der Waals surface area (Å²) in [6, 6.07) is 5.10. The molecule has 1 aromatic heterocycles. The molecule has 0 unspecified atom stereocenters. The molecule has 0 aliphatic heterocycles. The molecule has 1 heterocycles. The van der Waals surface area contributed by atoms with Crippen LogP contribution in [0, 0.1) is 0 Å². The number of amides is 1. The van der Waals surface area contributed by atoms with E-state index in [0.717, 1.165) is 30.5 Å². The van der Waals surface area contributed by atoms with Gasteiger partial charge in [-0.1, -0.05) is 11.3 Å². The number of carbonyl (C=O) groups is 2. The second kappa shape index (κ2) is 7.46. The molecule has 0 saturated carbocycles. The third-order valence-corrected chi connectivity index (χ3v) is 4.36. The highest BCUT2D eigenvalue weighted by molar-refractivity contribution is 5.94. The lowest BCUT2D eigenvalue weighted by Crippen LogP contribution is -2.33. The first-order valence-electron chi connectivity index (χ1n) is 8.63. The molecule has 1 aliphatic rings. The number of aromatic nitrogens is 3. The number of nitrogens with zero attached hydrogens (tertiary/aromatic N) is 4. The van der Waals surface area contributed by atoms with Crippen LogP contribution >= 0.6 is 0 Å². The quantitative estimate of drug-likeness (QED) is 0.754. The molecule has 0 saturated heterocycles. The second-order valence-electron chi connectivity index (χ2n) is 5.91. The fourth-order valence-corrected chi connectivity index (χ4v) is 3.06. The summed E-state index contributed by atoms with van der Waals surface area (Å²) in [6.07, 6.45) is 5.04. The van der Waals surface area contributed by atoms with Gasteiger partial charge in [-0.05, 0) is 51.3 Å². The van der Waals surface area contributed by atoms with E-state index >= 15 is 0 Å². The van der Waals surface area contributed by atoms with Crippen molar-refractivity contribution in [3.05, 3.63) is 35.5 Å². The summed E-state index contributed by atoms with van der Waals surface area (Å²) in [7, 11) is 0. The highest BCUT2D eigenvalue weighted by Crippen LogP contribution is 2.21. The number of hydrogen-bond donors (Lipinski definition) is 0. The minimum absolute atomic E-state index is 0.193. The molecule has 0 bridgehead atoms. The Morgan fingerprint density at radius 2 is 2.16 bits per heavy atom. The molecule has 1 aromatic carbocycles. The lowest BCUT2D eigenvalue weighted by Gasteiger charge is -2.22. The predicted molar refractivity (Wildman–Crippen MR) is 92.8 cm³/mol. The molecule has 0 spiro atoms. The normalized spacial score (nSPS) is 13.8. The van der Waals surface area contributed by atoms with E-state index in [1.165, 1.54) is 0 Å². The maximum absolute atomic E-state index is 12.3. The Hall–Kier alpha value is -2.70. The lowest BCUT2D eigenvalue weighted by molar-refractivity contribution is -0.132. The molecule has 0 N–H and O–H groups in total. The zero-order chi connectivity index (χ0) is 17.8. The van der Waals surface area contributed by atoms with E-state index < -0.39 is 5.97 Å². The first-order chi connectivity index (χ1) is 12.1. The molecule has 132 valence electrons. The summed E-state index contributed by atoms with van der Waals surface area (Å²) in [6.45, 7) is 4.92. The molecular formula is C18H22N4O3. The number of fused-ring (bicyclic) bond motifs is 1. The molecule has 0 atom stereocenters. The molecule has 0 radical (unpaired) electrons. The largest absolute Gasteiger partial charge is 0.452 e. The number of carbonyl (C=O) groups excluding carboxylic acids is 2. The summed E-state index contributed by atoms with van der Waals surface area (Å²) in [5.74, 6) is -0.722. The maximum Gasteiger partial charge on any atom is 0.338 e. The average Bonchev–Trinajstić information content (AvgIpc) is 3.29. The molecule has 3 rings (SSSR count). The standard InChI is InChI=1S/C18H22N4O3/c1-3-21(14-7-5-6-8-14)17(23)12-25-18(24)13-9-10-16-15(11-13)19-20-22(16)4-2/h7,9-11H,3-6,8,12H2,1-2H3. The van der Waals surface area contributed by atoms with Crippen molar-refractivity contribution in [1.82, 2.24) is 19.9 Å². The van der Waals surface area contributed by atoms with Crippen LogP contribution in [0.4, 0.5) is 0 Å². The van der Waals surface area contributed by atoms with Gasteiger partial charge in [-0.25, -0.2) is 9.48 Å². The van der Waals surface area contributed by atoms with Crippen LogP contribution in [0.2, 0.25) is 0 Å². The van der Waals surface area contributed by atoms with Crippen LogP contribution in [0.25, 0.3) is 11.0 Å². The van der Waals surface area contributed by atoms with Crippen molar-refractivity contribution in [1.29, 1.82) is 0 Å². The summed E-state index contributed by atoms with van der Waals surface area (Å²) >= 11 is 0. The lowest BCUT2D eigenvalue weighted by atomic mass is 10.2. The second-order valence-corrected chi connectivity index (χ2v) is 5.91. The van der Waals surface area contributed by atoms with Crippen molar-refractivity contribution in [3.8, 4) is 0 Å². The van der Waals surface area contributed by atoms with Gasteiger partial charge in [0.05, 0.1) is 11.1 Å². The summed E-state index contributed by atoms with van der Waals surface area (Å²) < 4.78 is 6.95. The van der Waals surface area contributed by atoms with E-state index in [1.807, 2.05) is 13.8 Å². The van der Waals surface area contributed by atoms with E-state index in [9.17, 15) is 9.59 Å². The van der Waals surface area contributed by atoms with Crippen molar-refractivity contribution in [2.24, 2.45) is 0 Å². The third kappa shape index (κ3) is 3.55. The Morgan fingerprint density at radius 3 is 2.84 bits per heavy atom. The van der Waals surface area contributed by atoms with Gasteiger partial charge in [0.2, 0.25) is 0 Å². The number of likely N-dealkylation sites (N-methyl/N-ethyl adjacent to an activating group) is 1. The smallest absolute Gasteiger partial charge is 0.338 e. The number of hydrogen-bond acceptors (Lipinski definition) is 5. The molecule has 25 heavy (non-hydrogen) atoms. The predicted octanol–water partition coefficient (Wildman–Crippen LogP) is 2.52. The van der Waals surface area contributed by atoms with Crippen LogP contribution < -0.4 is 0 Å². The number of benzene rings is 1. The highest BCUT2D eigenvalue weighted by atomic mass is 16.5. The van der Waals surface area contributed by atoms with Crippen LogP contribution in [0.3, 0.4) is 0 Å². The van der Waals surface area contributed by atoms with Gasteiger partial charge < -0.3 is 9.64 Å². The third-order valence-electron chi connectivity index (χ3n) is 4.36.